The summed E-state index contributed by atoms with van der Waals surface area (Å²) in [5.41, 5.74) is 7.71. The van der Waals surface area contributed by atoms with E-state index in [0.29, 0.717) is 5.56 Å². The second-order valence-corrected chi connectivity index (χ2v) is 7.13. The number of aliphatic imine (C=N–C) groups is 1. The van der Waals surface area contributed by atoms with Crippen LogP contribution in [0, 0.1) is 5.41 Å². The lowest BCUT2D eigenvalue weighted by Gasteiger charge is -2.20. The first kappa shape index (κ1) is 20.4. The molecule has 5 heteroatoms. The Hall–Kier alpha value is -1.88. The molecule has 0 radical (unpaired) electrons. The topological polar surface area (TPSA) is 76.7 Å². The number of methoxy groups -OCH3 is 1. The van der Waals surface area contributed by atoms with Gasteiger partial charge in [-0.1, -0.05) is 26.0 Å². The van der Waals surface area contributed by atoms with E-state index < -0.39 is 0 Å². The predicted molar refractivity (Wildman–Crippen MR) is 106 cm³/mol. The zero-order chi connectivity index (χ0) is 19.0. The van der Waals surface area contributed by atoms with Crippen molar-refractivity contribution in [3.05, 3.63) is 35.4 Å². The summed E-state index contributed by atoms with van der Waals surface area (Å²) in [6.07, 6.45) is 9.32. The van der Waals surface area contributed by atoms with Gasteiger partial charge in [0.2, 0.25) is 0 Å². The largest absolute Gasteiger partial charge is 0.465 e. The van der Waals surface area contributed by atoms with Crippen molar-refractivity contribution < 1.29 is 9.53 Å². The van der Waals surface area contributed by atoms with Crippen molar-refractivity contribution in [1.82, 2.24) is 5.32 Å². The van der Waals surface area contributed by atoms with Crippen LogP contribution in [0.1, 0.15) is 68.3 Å². The minimum absolute atomic E-state index is 0.136. The van der Waals surface area contributed by atoms with Gasteiger partial charge in [-0.15, -0.1) is 0 Å². The quantitative estimate of drug-likeness (QED) is 0.491. The van der Waals surface area contributed by atoms with E-state index >= 15 is 0 Å². The maximum Gasteiger partial charge on any atom is 0.337 e. The van der Waals surface area contributed by atoms with Crippen molar-refractivity contribution in [2.75, 3.05) is 20.2 Å². The van der Waals surface area contributed by atoms with E-state index in [1.54, 1.807) is 12.1 Å². The van der Waals surface area contributed by atoms with Gasteiger partial charge in [0.25, 0.3) is 0 Å². The van der Waals surface area contributed by atoms with Crippen LogP contribution in [0.2, 0.25) is 0 Å². The molecule has 3 aliphatic rings. The van der Waals surface area contributed by atoms with Gasteiger partial charge in [0, 0.05) is 0 Å². The van der Waals surface area contributed by atoms with Gasteiger partial charge in [-0.3, -0.25) is 4.99 Å². The van der Waals surface area contributed by atoms with Crippen molar-refractivity contribution >= 4 is 12.3 Å². The van der Waals surface area contributed by atoms with Gasteiger partial charge in [0.1, 0.15) is 0 Å². The van der Waals surface area contributed by atoms with Gasteiger partial charge in [0.15, 0.2) is 0 Å². The van der Waals surface area contributed by atoms with Crippen LogP contribution in [-0.2, 0) is 10.3 Å². The smallest absolute Gasteiger partial charge is 0.337 e. The number of hydrogen-bond donors (Lipinski definition) is 2. The van der Waals surface area contributed by atoms with E-state index in [9.17, 15) is 4.79 Å². The number of hydrogen-bond acceptors (Lipinski definition) is 4. The van der Waals surface area contributed by atoms with Gasteiger partial charge < -0.3 is 15.8 Å². The maximum atomic E-state index is 11.2. The first-order valence-electron chi connectivity index (χ1n) is 9.78. The van der Waals surface area contributed by atoms with Gasteiger partial charge in [-0.25, -0.2) is 4.79 Å². The average molecular weight is 360 g/mol. The molecule has 0 aromatic heterocycles. The van der Waals surface area contributed by atoms with Crippen molar-refractivity contribution in [3.8, 4) is 0 Å². The van der Waals surface area contributed by atoms with E-state index in [1.807, 2.05) is 26.0 Å². The van der Waals surface area contributed by atoms with Crippen LogP contribution in [0.5, 0.6) is 0 Å². The summed E-state index contributed by atoms with van der Waals surface area (Å²) in [7, 11) is 1.37. The number of carbonyl (C=O) groups is 1. The first-order chi connectivity index (χ1) is 12.6. The van der Waals surface area contributed by atoms with Crippen molar-refractivity contribution in [2.24, 2.45) is 16.1 Å². The number of nitrogens with two attached hydrogens (primary N) is 1. The number of benzene rings is 1. The van der Waals surface area contributed by atoms with E-state index in [0.717, 1.165) is 23.8 Å². The number of rotatable bonds is 3. The first-order valence-corrected chi connectivity index (χ1v) is 9.78. The van der Waals surface area contributed by atoms with Crippen LogP contribution in [0.25, 0.3) is 0 Å². The van der Waals surface area contributed by atoms with E-state index in [1.165, 1.54) is 52.2 Å². The highest BCUT2D eigenvalue weighted by molar-refractivity contribution is 5.89. The maximum absolute atomic E-state index is 11.2. The summed E-state index contributed by atoms with van der Waals surface area (Å²) in [6, 6.07) is 7.33. The molecule has 1 aromatic rings. The van der Waals surface area contributed by atoms with Crippen LogP contribution in [0.15, 0.2) is 29.3 Å². The summed E-state index contributed by atoms with van der Waals surface area (Å²) < 4.78 is 4.64. The molecular formula is C21H33N3O2. The van der Waals surface area contributed by atoms with E-state index in [2.05, 4.69) is 15.0 Å². The van der Waals surface area contributed by atoms with Crippen molar-refractivity contribution in [2.45, 2.75) is 57.9 Å². The van der Waals surface area contributed by atoms with Gasteiger partial charge in [-0.05, 0) is 74.7 Å². The fourth-order valence-electron chi connectivity index (χ4n) is 3.42. The minimum Gasteiger partial charge on any atom is -0.465 e. The van der Waals surface area contributed by atoms with Gasteiger partial charge in [0.05, 0.1) is 24.6 Å². The number of nitrogens with one attached hydrogen (secondary N) is 1. The Bertz CT molecular complexity index is 594. The number of carbonyl (C=O) groups excluding carboxylic acids is 1. The second kappa shape index (κ2) is 9.17. The Morgan fingerprint density at radius 1 is 1.08 bits per heavy atom. The molecule has 0 unspecified atom stereocenters. The molecule has 0 bridgehead atoms. The highest BCUT2D eigenvalue weighted by atomic mass is 16.5. The molecule has 1 spiro atoms. The zero-order valence-corrected chi connectivity index (χ0v) is 16.4. The summed E-state index contributed by atoms with van der Waals surface area (Å²) in [4.78, 5) is 15.5. The zero-order valence-electron chi connectivity index (χ0n) is 16.4. The van der Waals surface area contributed by atoms with Crippen LogP contribution in [-0.4, -0.2) is 32.5 Å². The molecule has 26 heavy (non-hydrogen) atoms. The molecule has 2 aliphatic carbocycles. The molecule has 144 valence electrons. The number of piperidine rings is 1. The van der Waals surface area contributed by atoms with E-state index in [4.69, 9.17) is 5.73 Å². The molecule has 5 nitrogen and oxygen atoms in total. The summed E-state index contributed by atoms with van der Waals surface area (Å²) in [6.45, 7) is 6.56. The van der Waals surface area contributed by atoms with Crippen molar-refractivity contribution in [3.63, 3.8) is 0 Å². The highest BCUT2D eigenvalue weighted by Crippen LogP contribution is 2.52. The van der Waals surface area contributed by atoms with Crippen molar-refractivity contribution in [1.29, 1.82) is 0 Å². The molecule has 1 saturated heterocycles. The molecule has 1 aromatic carbocycles. The van der Waals surface area contributed by atoms with Crippen LogP contribution >= 0.6 is 0 Å². The molecule has 0 atom stereocenters. The highest BCUT2D eigenvalue weighted by Gasteiger charge is 2.44. The molecule has 3 fully saturated rings. The SMILES string of the molecule is C1CC2(CCN1)CC2.CC.COC(=O)c1ccc(C2(N=CN)CC2)cc1. The minimum atomic E-state index is -0.321. The van der Waals surface area contributed by atoms with Gasteiger partial charge >= 0.3 is 5.97 Å². The Morgan fingerprint density at radius 3 is 2.04 bits per heavy atom. The average Bonchev–Trinajstić information content (AvgIpc) is 3.63. The third-order valence-electron chi connectivity index (χ3n) is 5.51. The fraction of sp³-hybridized carbons (Fsp3) is 0.619. The molecule has 3 N–H and O–H groups in total. The summed E-state index contributed by atoms with van der Waals surface area (Å²) in [5.74, 6) is -0.321. The third kappa shape index (κ3) is 5.07. The van der Waals surface area contributed by atoms with Crippen LogP contribution in [0.4, 0.5) is 0 Å². The summed E-state index contributed by atoms with van der Waals surface area (Å²) >= 11 is 0. The number of nitrogens with zero attached hydrogens (tertiary/aromatic N) is 1. The standard InChI is InChI=1S/C12H14N2O2.C7H13N.C2H6/c1-16-11(15)9-2-4-10(5-3-9)12(6-7-12)14-8-13;1-2-7(1)3-5-8-6-4-7;1-2/h2-5,8H,6-7H2,1H3,(H2,13,14);8H,1-6H2;1-2H3. The molecule has 4 rings (SSSR count). The summed E-state index contributed by atoms with van der Waals surface area (Å²) in [5, 5.41) is 3.38. The van der Waals surface area contributed by atoms with E-state index in [-0.39, 0.29) is 11.5 Å². The van der Waals surface area contributed by atoms with Crippen LogP contribution in [0.3, 0.4) is 0 Å². The van der Waals surface area contributed by atoms with Gasteiger partial charge in [-0.2, -0.15) is 0 Å². The number of ether oxygens (including phenoxy) is 1. The fourth-order valence-corrected chi connectivity index (χ4v) is 3.42. The second-order valence-electron chi connectivity index (χ2n) is 7.13. The lowest BCUT2D eigenvalue weighted by molar-refractivity contribution is 0.0600. The number of esters is 1. The Morgan fingerprint density at radius 2 is 1.65 bits per heavy atom. The Kier molecular flexibility index (Phi) is 7.21. The van der Waals surface area contributed by atoms with Crippen LogP contribution < -0.4 is 11.1 Å². The molecule has 0 amide bonds. The lowest BCUT2D eigenvalue weighted by atomic mass is 9.95. The predicted octanol–water partition coefficient (Wildman–Crippen LogP) is 3.63. The third-order valence-corrected chi connectivity index (χ3v) is 5.51. The molecular weight excluding hydrogens is 326 g/mol. The molecule has 1 heterocycles. The monoisotopic (exact) mass is 359 g/mol. The Labute approximate surface area is 157 Å². The molecule has 2 saturated carbocycles. The Balaban J connectivity index is 0.000000202. The lowest BCUT2D eigenvalue weighted by Crippen LogP contribution is -2.28. The normalized spacial score (nSPS) is 21.0. The molecule has 1 aliphatic heterocycles.